The van der Waals surface area contributed by atoms with Crippen molar-refractivity contribution in [1.82, 2.24) is 5.32 Å². The molecule has 0 aromatic heterocycles. The number of benzene rings is 2. The molecular formula is C15H12N2O2. The van der Waals surface area contributed by atoms with Gasteiger partial charge in [0.05, 0.1) is 5.56 Å². The summed E-state index contributed by atoms with van der Waals surface area (Å²) in [7, 11) is 0. The number of ketones is 1. The number of para-hydroxylation sites is 1. The number of Topliss-reactive ketones (excluding diaryl/α,β-unsaturated/α-hetero) is 1. The molecule has 1 aliphatic rings. The highest BCUT2D eigenvalue weighted by atomic mass is 16.2. The molecule has 0 fully saturated rings. The molecule has 94 valence electrons. The fourth-order valence-corrected chi connectivity index (χ4v) is 2.11. The van der Waals surface area contributed by atoms with Gasteiger partial charge in [0.15, 0.2) is 6.17 Å². The molecule has 1 unspecified atom stereocenters. The summed E-state index contributed by atoms with van der Waals surface area (Å²) < 4.78 is 0. The fraction of sp³-hybridized carbons (Fsp3) is 0.0667. The molecule has 2 aromatic carbocycles. The lowest BCUT2D eigenvalue weighted by Gasteiger charge is -2.26. The predicted octanol–water partition coefficient (Wildman–Crippen LogP) is 2.05. The van der Waals surface area contributed by atoms with Crippen molar-refractivity contribution in [1.29, 1.82) is 0 Å². The molecule has 0 radical (unpaired) electrons. The quantitative estimate of drug-likeness (QED) is 0.804. The SMILES string of the molecule is O=C1NC(C(=O)c2ccccc2)Nc2ccccc21. The number of hydrogen-bond donors (Lipinski definition) is 2. The Bertz CT molecular complexity index is 638. The van der Waals surface area contributed by atoms with Crippen molar-refractivity contribution < 1.29 is 9.59 Å². The normalized spacial score (nSPS) is 17.1. The van der Waals surface area contributed by atoms with Crippen LogP contribution in [0.3, 0.4) is 0 Å². The largest absolute Gasteiger partial charge is 0.358 e. The molecule has 1 aliphatic heterocycles. The molecule has 0 saturated carbocycles. The van der Waals surface area contributed by atoms with E-state index in [0.717, 1.165) is 0 Å². The average Bonchev–Trinajstić information content (AvgIpc) is 2.47. The molecule has 1 amide bonds. The van der Waals surface area contributed by atoms with E-state index >= 15 is 0 Å². The van der Waals surface area contributed by atoms with Gasteiger partial charge in [0, 0.05) is 11.3 Å². The first-order chi connectivity index (χ1) is 9.25. The van der Waals surface area contributed by atoms with Gasteiger partial charge in [-0.1, -0.05) is 42.5 Å². The molecule has 0 aliphatic carbocycles. The minimum Gasteiger partial charge on any atom is -0.358 e. The van der Waals surface area contributed by atoms with Crippen LogP contribution in [0, 0.1) is 0 Å². The highest BCUT2D eigenvalue weighted by Gasteiger charge is 2.28. The molecule has 3 rings (SSSR count). The van der Waals surface area contributed by atoms with Crippen LogP contribution >= 0.6 is 0 Å². The van der Waals surface area contributed by atoms with Crippen LogP contribution in [0.4, 0.5) is 5.69 Å². The number of nitrogens with one attached hydrogen (secondary N) is 2. The van der Waals surface area contributed by atoms with E-state index < -0.39 is 6.17 Å². The van der Waals surface area contributed by atoms with Crippen molar-refractivity contribution in [2.45, 2.75) is 6.17 Å². The lowest BCUT2D eigenvalue weighted by Crippen LogP contribution is -2.49. The summed E-state index contributed by atoms with van der Waals surface area (Å²) in [6.45, 7) is 0. The van der Waals surface area contributed by atoms with Crippen LogP contribution in [-0.2, 0) is 0 Å². The second-order valence-corrected chi connectivity index (χ2v) is 4.33. The number of fused-ring (bicyclic) bond motifs is 1. The number of carbonyl (C=O) groups excluding carboxylic acids is 2. The highest BCUT2D eigenvalue weighted by molar-refractivity contribution is 6.09. The summed E-state index contributed by atoms with van der Waals surface area (Å²) in [6.07, 6.45) is -0.718. The third kappa shape index (κ3) is 2.08. The number of hydrogen-bond acceptors (Lipinski definition) is 3. The van der Waals surface area contributed by atoms with E-state index in [9.17, 15) is 9.59 Å². The van der Waals surface area contributed by atoms with E-state index in [0.29, 0.717) is 16.8 Å². The van der Waals surface area contributed by atoms with Crippen LogP contribution in [-0.4, -0.2) is 17.9 Å². The predicted molar refractivity (Wildman–Crippen MR) is 72.1 cm³/mol. The zero-order valence-electron chi connectivity index (χ0n) is 10.1. The third-order valence-corrected chi connectivity index (χ3v) is 3.07. The second-order valence-electron chi connectivity index (χ2n) is 4.33. The zero-order valence-corrected chi connectivity index (χ0v) is 10.1. The lowest BCUT2D eigenvalue weighted by molar-refractivity contribution is 0.0862. The molecule has 19 heavy (non-hydrogen) atoms. The Hall–Kier alpha value is -2.62. The first kappa shape index (κ1) is 11.5. The summed E-state index contributed by atoms with van der Waals surface area (Å²) in [5.41, 5.74) is 1.81. The summed E-state index contributed by atoms with van der Waals surface area (Å²) >= 11 is 0. The highest BCUT2D eigenvalue weighted by Crippen LogP contribution is 2.20. The van der Waals surface area contributed by atoms with E-state index in [-0.39, 0.29) is 11.7 Å². The Morgan fingerprint density at radius 2 is 1.58 bits per heavy atom. The van der Waals surface area contributed by atoms with Crippen molar-refractivity contribution in [3.05, 3.63) is 65.7 Å². The molecule has 2 aromatic rings. The topological polar surface area (TPSA) is 58.2 Å². The van der Waals surface area contributed by atoms with Crippen LogP contribution in [0.5, 0.6) is 0 Å². The van der Waals surface area contributed by atoms with Crippen LogP contribution in [0.1, 0.15) is 20.7 Å². The summed E-state index contributed by atoms with van der Waals surface area (Å²) in [4.78, 5) is 24.2. The Balaban J connectivity index is 1.90. The Morgan fingerprint density at radius 3 is 2.37 bits per heavy atom. The molecule has 2 N–H and O–H groups in total. The maximum atomic E-state index is 12.3. The molecule has 1 atom stereocenters. The molecule has 4 nitrogen and oxygen atoms in total. The number of amides is 1. The van der Waals surface area contributed by atoms with Crippen LogP contribution in [0.25, 0.3) is 0 Å². The second kappa shape index (κ2) is 4.57. The third-order valence-electron chi connectivity index (χ3n) is 3.07. The van der Waals surface area contributed by atoms with Crippen molar-refractivity contribution >= 4 is 17.4 Å². The van der Waals surface area contributed by atoms with Gasteiger partial charge in [0.2, 0.25) is 5.78 Å². The van der Waals surface area contributed by atoms with Crippen molar-refractivity contribution in [2.75, 3.05) is 5.32 Å². The van der Waals surface area contributed by atoms with Gasteiger partial charge in [0.25, 0.3) is 5.91 Å². The fourth-order valence-electron chi connectivity index (χ4n) is 2.11. The van der Waals surface area contributed by atoms with Crippen molar-refractivity contribution in [2.24, 2.45) is 0 Å². The van der Waals surface area contributed by atoms with Gasteiger partial charge < -0.3 is 10.6 Å². The van der Waals surface area contributed by atoms with E-state index in [1.807, 2.05) is 12.1 Å². The van der Waals surface area contributed by atoms with Gasteiger partial charge >= 0.3 is 0 Å². The number of carbonyl (C=O) groups is 2. The number of anilines is 1. The summed E-state index contributed by atoms with van der Waals surface area (Å²) in [5.74, 6) is -0.382. The molecule has 0 bridgehead atoms. The van der Waals surface area contributed by atoms with Gasteiger partial charge in [-0.3, -0.25) is 9.59 Å². The van der Waals surface area contributed by atoms with E-state index in [1.165, 1.54) is 0 Å². The van der Waals surface area contributed by atoms with Gasteiger partial charge in [-0.05, 0) is 12.1 Å². The molecular weight excluding hydrogens is 240 g/mol. The standard InChI is InChI=1S/C15H12N2O2/c18-13(10-6-2-1-3-7-10)14-16-12-9-5-4-8-11(12)15(19)17-14/h1-9,14,16H,(H,17,19). The van der Waals surface area contributed by atoms with E-state index in [4.69, 9.17) is 0 Å². The van der Waals surface area contributed by atoms with Gasteiger partial charge in [-0.2, -0.15) is 0 Å². The maximum absolute atomic E-state index is 12.3. The zero-order chi connectivity index (χ0) is 13.2. The van der Waals surface area contributed by atoms with E-state index in [1.54, 1.807) is 42.5 Å². The van der Waals surface area contributed by atoms with Crippen LogP contribution in [0.15, 0.2) is 54.6 Å². The number of rotatable bonds is 2. The van der Waals surface area contributed by atoms with Crippen LogP contribution < -0.4 is 10.6 Å². The van der Waals surface area contributed by atoms with Gasteiger partial charge in [-0.25, -0.2) is 0 Å². The monoisotopic (exact) mass is 252 g/mol. The summed E-state index contributed by atoms with van der Waals surface area (Å²) in [6, 6.07) is 16.0. The molecule has 4 heteroatoms. The summed E-state index contributed by atoms with van der Waals surface area (Å²) in [5, 5.41) is 5.72. The minimum absolute atomic E-state index is 0.150. The maximum Gasteiger partial charge on any atom is 0.255 e. The Labute approximate surface area is 110 Å². The molecule has 0 spiro atoms. The van der Waals surface area contributed by atoms with Crippen molar-refractivity contribution in [3.63, 3.8) is 0 Å². The minimum atomic E-state index is -0.718. The first-order valence-corrected chi connectivity index (χ1v) is 6.01. The smallest absolute Gasteiger partial charge is 0.255 e. The first-order valence-electron chi connectivity index (χ1n) is 6.01. The Kier molecular flexibility index (Phi) is 2.76. The van der Waals surface area contributed by atoms with E-state index in [2.05, 4.69) is 10.6 Å². The van der Waals surface area contributed by atoms with Gasteiger partial charge in [0.1, 0.15) is 0 Å². The molecule has 0 saturated heterocycles. The Morgan fingerprint density at radius 1 is 0.895 bits per heavy atom. The molecule has 1 heterocycles. The van der Waals surface area contributed by atoms with Crippen LogP contribution in [0.2, 0.25) is 0 Å². The average molecular weight is 252 g/mol. The van der Waals surface area contributed by atoms with Gasteiger partial charge in [-0.15, -0.1) is 0 Å². The van der Waals surface area contributed by atoms with Crippen molar-refractivity contribution in [3.8, 4) is 0 Å². The lowest BCUT2D eigenvalue weighted by atomic mass is 10.0.